The van der Waals surface area contributed by atoms with Gasteiger partial charge in [-0.25, -0.2) is 15.0 Å². The van der Waals surface area contributed by atoms with E-state index in [-0.39, 0.29) is 78.5 Å². The van der Waals surface area contributed by atoms with Crippen molar-refractivity contribution in [1.29, 1.82) is 0 Å². The average Bonchev–Trinajstić information content (AvgIpc) is 3.69. The molecule has 2 aromatic heterocycles. The van der Waals surface area contributed by atoms with Gasteiger partial charge in [0.15, 0.2) is 17.5 Å². The molecule has 0 spiro atoms. The number of hydrogen-bond acceptors (Lipinski definition) is 4. The van der Waals surface area contributed by atoms with Crippen molar-refractivity contribution in [2.24, 2.45) is 0 Å². The molecular formula is C45H29N3S. The Morgan fingerprint density at radius 3 is 1.73 bits per heavy atom. The van der Waals surface area contributed by atoms with Crippen LogP contribution in [0.2, 0.25) is 0 Å². The second-order valence-corrected chi connectivity index (χ2v) is 12.2. The highest BCUT2D eigenvalue weighted by Gasteiger charge is 2.16. The molecule has 230 valence electrons. The smallest absolute Gasteiger partial charge is 0.164 e. The van der Waals surface area contributed by atoms with Gasteiger partial charge in [0.25, 0.3) is 0 Å². The third-order valence-electron chi connectivity index (χ3n) is 8.16. The van der Waals surface area contributed by atoms with Crippen LogP contribution in [0, 0.1) is 0 Å². The molecule has 0 bridgehead atoms. The van der Waals surface area contributed by atoms with E-state index in [1.54, 1.807) is 0 Å². The van der Waals surface area contributed by atoms with Crippen molar-refractivity contribution in [3.05, 3.63) is 176 Å². The fourth-order valence-corrected chi connectivity index (χ4v) is 6.75. The molecule has 7 aromatic carbocycles. The Morgan fingerprint density at radius 1 is 0.408 bits per heavy atom. The molecular weight excluding hydrogens is 615 g/mol. The number of thiophene rings is 1. The predicted octanol–water partition coefficient (Wildman–Crippen LogP) is 12.2. The van der Waals surface area contributed by atoms with Gasteiger partial charge in [0.2, 0.25) is 0 Å². The lowest BCUT2D eigenvalue weighted by Crippen LogP contribution is -2.00. The molecule has 0 fully saturated rings. The topological polar surface area (TPSA) is 38.7 Å². The largest absolute Gasteiger partial charge is 0.208 e. The first-order valence-electron chi connectivity index (χ1n) is 21.0. The Kier molecular flexibility index (Phi) is 4.96. The van der Waals surface area contributed by atoms with Crippen molar-refractivity contribution in [2.75, 3.05) is 0 Å². The summed E-state index contributed by atoms with van der Waals surface area (Å²) in [6, 6.07) is 29.2. The molecule has 0 unspecified atom stereocenters. The quantitative estimate of drug-likeness (QED) is 0.179. The lowest BCUT2D eigenvalue weighted by Gasteiger charge is -2.11. The SMILES string of the molecule is [2H]c1c([2H])c([2H])c(-c2c([2H])c([2H])c([2H])c3sc4c([2H])c([2H])c(-c5nc(-c6ccc(-c7ccccc7)cc6)nc(-c6cccc(-c7ccccc7)c6)n5)c([2H])c4c23)c([2H])c1[2H]. The number of fused-ring (bicyclic) bond motifs is 3. The summed E-state index contributed by atoms with van der Waals surface area (Å²) in [6.07, 6.45) is 0. The van der Waals surface area contributed by atoms with Crippen molar-refractivity contribution < 1.29 is 15.1 Å². The average molecular weight is 655 g/mol. The van der Waals surface area contributed by atoms with Crippen LogP contribution in [0.1, 0.15) is 15.1 Å². The van der Waals surface area contributed by atoms with Gasteiger partial charge in [-0.2, -0.15) is 0 Å². The molecule has 0 aliphatic carbocycles. The second-order valence-electron chi connectivity index (χ2n) is 11.2. The third-order valence-corrected chi connectivity index (χ3v) is 9.18. The summed E-state index contributed by atoms with van der Waals surface area (Å²) in [7, 11) is 0. The Hall–Kier alpha value is -6.23. The first-order chi connectivity index (χ1) is 28.8. The maximum absolute atomic E-state index is 9.75. The summed E-state index contributed by atoms with van der Waals surface area (Å²) in [5.74, 6) is 0.387. The van der Waals surface area contributed by atoms with Crippen LogP contribution in [-0.2, 0) is 0 Å². The maximum Gasteiger partial charge on any atom is 0.164 e. The van der Waals surface area contributed by atoms with E-state index in [1.165, 1.54) is 0 Å². The van der Waals surface area contributed by atoms with Gasteiger partial charge in [-0.1, -0.05) is 145 Å². The molecule has 2 heterocycles. The minimum atomic E-state index is -0.653. The van der Waals surface area contributed by atoms with Crippen LogP contribution >= 0.6 is 11.3 Å². The zero-order valence-electron chi connectivity index (χ0n) is 36.6. The number of nitrogens with zero attached hydrogens (tertiary/aromatic N) is 3. The zero-order valence-corrected chi connectivity index (χ0v) is 26.5. The summed E-state index contributed by atoms with van der Waals surface area (Å²) in [6.45, 7) is 0. The minimum Gasteiger partial charge on any atom is -0.208 e. The van der Waals surface area contributed by atoms with E-state index in [4.69, 9.17) is 25.9 Å². The van der Waals surface area contributed by atoms with Crippen LogP contribution in [0.4, 0.5) is 0 Å². The summed E-state index contributed by atoms with van der Waals surface area (Å²) in [5, 5.41) is 0.0115. The molecule has 9 aromatic rings. The van der Waals surface area contributed by atoms with Crippen molar-refractivity contribution in [2.45, 2.75) is 0 Å². The summed E-state index contributed by atoms with van der Waals surface area (Å²) in [4.78, 5) is 14.6. The molecule has 0 amide bonds. The molecule has 9 rings (SSSR count). The number of rotatable bonds is 6. The molecule has 4 heteroatoms. The van der Waals surface area contributed by atoms with Gasteiger partial charge in [0.1, 0.15) is 0 Å². The van der Waals surface area contributed by atoms with E-state index in [1.807, 2.05) is 109 Å². The first-order valence-corrected chi connectivity index (χ1v) is 16.3. The van der Waals surface area contributed by atoms with Gasteiger partial charge in [0.05, 0.1) is 15.1 Å². The molecule has 0 saturated heterocycles. The van der Waals surface area contributed by atoms with E-state index in [0.717, 1.165) is 33.6 Å². The Bertz CT molecular complexity index is 3180. The third kappa shape index (κ3) is 5.58. The fraction of sp³-hybridized carbons (Fsp3) is 0. The maximum atomic E-state index is 9.75. The molecule has 0 N–H and O–H groups in total. The van der Waals surface area contributed by atoms with E-state index >= 15 is 0 Å². The normalized spacial score (nSPS) is 14.4. The molecule has 0 radical (unpaired) electrons. The molecule has 0 saturated carbocycles. The van der Waals surface area contributed by atoms with Gasteiger partial charge >= 0.3 is 0 Å². The highest BCUT2D eigenvalue weighted by Crippen LogP contribution is 2.41. The lowest BCUT2D eigenvalue weighted by molar-refractivity contribution is 1.07. The Morgan fingerprint density at radius 2 is 1.00 bits per heavy atom. The number of benzene rings is 7. The van der Waals surface area contributed by atoms with Crippen molar-refractivity contribution >= 4 is 31.5 Å². The molecule has 0 atom stereocenters. The summed E-state index contributed by atoms with van der Waals surface area (Å²) in [5.41, 5.74) is 4.35. The van der Waals surface area contributed by atoms with E-state index < -0.39 is 42.3 Å². The van der Waals surface area contributed by atoms with Crippen molar-refractivity contribution in [1.82, 2.24) is 15.0 Å². The van der Waals surface area contributed by atoms with Gasteiger partial charge in [-0.05, 0) is 63.6 Å². The number of hydrogen-bond donors (Lipinski definition) is 0. The summed E-state index contributed by atoms with van der Waals surface area (Å²) < 4.78 is 97.5. The molecule has 3 nitrogen and oxygen atoms in total. The first kappa shape index (κ1) is 19.6. The fourth-order valence-electron chi connectivity index (χ4n) is 5.78. The highest BCUT2D eigenvalue weighted by atomic mass is 32.1. The van der Waals surface area contributed by atoms with Crippen molar-refractivity contribution in [3.8, 4) is 67.5 Å². The number of aromatic nitrogens is 3. The van der Waals surface area contributed by atoms with Crippen LogP contribution < -0.4 is 0 Å². The van der Waals surface area contributed by atoms with Crippen LogP contribution in [-0.4, -0.2) is 15.0 Å². The van der Waals surface area contributed by atoms with Gasteiger partial charge in [0, 0.05) is 36.9 Å². The minimum absolute atomic E-state index is 0.000784. The highest BCUT2D eigenvalue weighted by molar-refractivity contribution is 7.26. The lowest BCUT2D eigenvalue weighted by atomic mass is 9.99. The van der Waals surface area contributed by atoms with Crippen LogP contribution in [0.3, 0.4) is 0 Å². The monoisotopic (exact) mass is 654 g/mol. The van der Waals surface area contributed by atoms with Crippen LogP contribution in [0.25, 0.3) is 87.7 Å². The zero-order chi connectivity index (χ0) is 42.1. The Labute approximate surface area is 304 Å². The van der Waals surface area contributed by atoms with E-state index in [9.17, 15) is 4.11 Å². The summed E-state index contributed by atoms with van der Waals surface area (Å²) >= 11 is 0.876. The molecule has 0 aliphatic heterocycles. The second kappa shape index (κ2) is 12.4. The van der Waals surface area contributed by atoms with Crippen LogP contribution in [0.5, 0.6) is 0 Å². The standard InChI is InChI=1S/C45H29N3S/c1-4-12-30(13-5-1)32-22-24-34(25-23-32)43-46-44(36-19-10-18-35(28-36)31-14-6-2-7-15-31)48-45(47-43)37-26-27-40-39(29-37)42-38(20-11-21-41(42)49-40)33-16-8-3-9-17-33/h1-29H/i3D,8D,9D,11D,16D,17D,20D,21D,26D,27D,29D. The van der Waals surface area contributed by atoms with Gasteiger partial charge in [-0.3, -0.25) is 0 Å². The van der Waals surface area contributed by atoms with E-state index in [0.29, 0.717) is 11.1 Å². The van der Waals surface area contributed by atoms with Crippen LogP contribution in [0.15, 0.2) is 176 Å². The molecule has 0 aliphatic rings. The van der Waals surface area contributed by atoms with Crippen molar-refractivity contribution in [3.63, 3.8) is 0 Å². The molecule has 49 heavy (non-hydrogen) atoms. The Balaban J connectivity index is 1.34. The van der Waals surface area contributed by atoms with E-state index in [2.05, 4.69) is 0 Å². The van der Waals surface area contributed by atoms with Gasteiger partial charge < -0.3 is 0 Å². The van der Waals surface area contributed by atoms with Gasteiger partial charge in [-0.15, -0.1) is 11.3 Å². The predicted molar refractivity (Wildman–Crippen MR) is 205 cm³/mol.